The van der Waals surface area contributed by atoms with E-state index in [1.807, 2.05) is 13.0 Å². The van der Waals surface area contributed by atoms with Gasteiger partial charge in [0.1, 0.15) is 11.5 Å². The van der Waals surface area contributed by atoms with E-state index < -0.39 is 0 Å². The number of hydrogen-bond acceptors (Lipinski definition) is 4. The lowest BCUT2D eigenvalue weighted by Crippen LogP contribution is -2.27. The Morgan fingerprint density at radius 2 is 1.95 bits per heavy atom. The molecular formula is C16H18N2O4. The van der Waals surface area contributed by atoms with Crippen LogP contribution in [0.25, 0.3) is 0 Å². The van der Waals surface area contributed by atoms with Crippen molar-refractivity contribution in [2.24, 2.45) is 0 Å². The van der Waals surface area contributed by atoms with Crippen molar-refractivity contribution < 1.29 is 14.3 Å². The zero-order valence-corrected chi connectivity index (χ0v) is 12.7. The number of H-pyrrole nitrogens is 1. The number of methoxy groups -OCH3 is 2. The molecule has 0 aliphatic heterocycles. The number of aromatic amines is 1. The number of rotatable bonds is 5. The molecular weight excluding hydrogens is 284 g/mol. The minimum absolute atomic E-state index is 0.249. The van der Waals surface area contributed by atoms with Crippen LogP contribution >= 0.6 is 0 Å². The van der Waals surface area contributed by atoms with Gasteiger partial charge in [0, 0.05) is 23.9 Å². The van der Waals surface area contributed by atoms with Crippen LogP contribution in [0.1, 0.15) is 28.9 Å². The molecule has 0 spiro atoms. The monoisotopic (exact) mass is 302 g/mol. The molecule has 22 heavy (non-hydrogen) atoms. The Balaban J connectivity index is 2.18. The topological polar surface area (TPSA) is 80.4 Å². The van der Waals surface area contributed by atoms with Crippen molar-refractivity contribution in [1.29, 1.82) is 0 Å². The number of carbonyl (C=O) groups excluding carboxylic acids is 1. The smallest absolute Gasteiger partial charge is 0.253 e. The predicted octanol–water partition coefficient (Wildman–Crippen LogP) is 1.88. The molecule has 2 N–H and O–H groups in total. The van der Waals surface area contributed by atoms with Crippen LogP contribution in [-0.4, -0.2) is 25.1 Å². The molecule has 0 radical (unpaired) electrons. The van der Waals surface area contributed by atoms with Crippen molar-refractivity contribution in [2.75, 3.05) is 14.2 Å². The van der Waals surface area contributed by atoms with Gasteiger partial charge in [-0.15, -0.1) is 0 Å². The maximum absolute atomic E-state index is 12.2. The second-order valence-corrected chi connectivity index (χ2v) is 4.74. The summed E-state index contributed by atoms with van der Waals surface area (Å²) in [5, 5.41) is 2.86. The van der Waals surface area contributed by atoms with Gasteiger partial charge in [0.15, 0.2) is 0 Å². The Morgan fingerprint density at radius 1 is 1.18 bits per heavy atom. The van der Waals surface area contributed by atoms with Crippen LogP contribution in [0.3, 0.4) is 0 Å². The summed E-state index contributed by atoms with van der Waals surface area (Å²) in [6.07, 6.45) is 1.38. The van der Waals surface area contributed by atoms with E-state index in [1.54, 1.807) is 26.4 Å². The zero-order chi connectivity index (χ0) is 16.1. The summed E-state index contributed by atoms with van der Waals surface area (Å²) >= 11 is 0. The second-order valence-electron chi connectivity index (χ2n) is 4.74. The highest BCUT2D eigenvalue weighted by atomic mass is 16.5. The fourth-order valence-corrected chi connectivity index (χ4v) is 2.09. The maximum atomic E-state index is 12.2. The van der Waals surface area contributed by atoms with Gasteiger partial charge in [-0.05, 0) is 25.1 Å². The normalized spacial score (nSPS) is 11.6. The first kappa shape index (κ1) is 15.6. The van der Waals surface area contributed by atoms with Gasteiger partial charge in [0.05, 0.1) is 25.8 Å². The Morgan fingerprint density at radius 3 is 2.55 bits per heavy atom. The van der Waals surface area contributed by atoms with Crippen LogP contribution in [0.2, 0.25) is 0 Å². The van der Waals surface area contributed by atoms with Gasteiger partial charge in [-0.1, -0.05) is 0 Å². The quantitative estimate of drug-likeness (QED) is 0.883. The first-order valence-corrected chi connectivity index (χ1v) is 6.76. The van der Waals surface area contributed by atoms with Crippen molar-refractivity contribution >= 4 is 5.91 Å². The summed E-state index contributed by atoms with van der Waals surface area (Å²) in [6.45, 7) is 1.86. The average molecular weight is 302 g/mol. The molecule has 1 aromatic heterocycles. The molecule has 1 amide bonds. The highest BCUT2D eigenvalue weighted by Gasteiger charge is 2.16. The number of hydrogen-bond donors (Lipinski definition) is 2. The zero-order valence-electron chi connectivity index (χ0n) is 12.7. The largest absolute Gasteiger partial charge is 0.497 e. The van der Waals surface area contributed by atoms with Crippen molar-refractivity contribution in [3.8, 4) is 11.5 Å². The molecule has 2 rings (SSSR count). The van der Waals surface area contributed by atoms with E-state index in [-0.39, 0.29) is 17.5 Å². The number of nitrogens with one attached hydrogen (secondary N) is 2. The molecule has 116 valence electrons. The molecule has 0 fully saturated rings. The van der Waals surface area contributed by atoms with Crippen LogP contribution in [-0.2, 0) is 0 Å². The van der Waals surface area contributed by atoms with Crippen molar-refractivity contribution in [1.82, 2.24) is 10.3 Å². The van der Waals surface area contributed by atoms with Crippen molar-refractivity contribution in [3.05, 3.63) is 58.0 Å². The van der Waals surface area contributed by atoms with Crippen LogP contribution in [0.4, 0.5) is 0 Å². The summed E-state index contributed by atoms with van der Waals surface area (Å²) in [4.78, 5) is 25.7. The molecule has 2 aromatic rings. The van der Waals surface area contributed by atoms with Crippen LogP contribution in [0.5, 0.6) is 11.5 Å². The third-order valence-electron chi connectivity index (χ3n) is 3.30. The molecule has 6 nitrogen and oxygen atoms in total. The minimum atomic E-state index is -0.276. The molecule has 1 heterocycles. The summed E-state index contributed by atoms with van der Waals surface area (Å²) in [5.41, 5.74) is 0.974. The standard InChI is InChI=1S/C16H18N2O4/c1-10(13-6-5-12(21-2)8-14(13)22-3)18-16(20)11-4-7-15(19)17-9-11/h4-10H,1-3H3,(H,17,19)(H,18,20)/t10-/m0/s1. The second kappa shape index (κ2) is 6.80. The van der Waals surface area contributed by atoms with Gasteiger partial charge < -0.3 is 19.8 Å². The van der Waals surface area contributed by atoms with Crippen LogP contribution in [0, 0.1) is 0 Å². The van der Waals surface area contributed by atoms with Crippen LogP contribution in [0.15, 0.2) is 41.3 Å². The molecule has 0 unspecified atom stereocenters. The van der Waals surface area contributed by atoms with Crippen molar-refractivity contribution in [3.63, 3.8) is 0 Å². The molecule has 1 aromatic carbocycles. The number of benzene rings is 1. The van der Waals surface area contributed by atoms with Crippen LogP contribution < -0.4 is 20.3 Å². The Kier molecular flexibility index (Phi) is 4.83. The van der Waals surface area contributed by atoms with E-state index >= 15 is 0 Å². The molecule has 6 heteroatoms. The van der Waals surface area contributed by atoms with Gasteiger partial charge in [-0.3, -0.25) is 9.59 Å². The minimum Gasteiger partial charge on any atom is -0.497 e. The van der Waals surface area contributed by atoms with E-state index in [0.717, 1.165) is 5.56 Å². The number of amides is 1. The van der Waals surface area contributed by atoms with E-state index in [2.05, 4.69) is 10.3 Å². The third-order valence-corrected chi connectivity index (χ3v) is 3.30. The Labute approximate surface area is 128 Å². The van der Waals surface area contributed by atoms with Crippen molar-refractivity contribution in [2.45, 2.75) is 13.0 Å². The first-order valence-electron chi connectivity index (χ1n) is 6.76. The molecule has 0 aliphatic rings. The number of pyridine rings is 1. The molecule has 0 saturated heterocycles. The Bertz CT molecular complexity index is 704. The molecule has 0 saturated carbocycles. The molecule has 0 aliphatic carbocycles. The van der Waals surface area contributed by atoms with E-state index in [1.165, 1.54) is 18.3 Å². The van der Waals surface area contributed by atoms with Gasteiger partial charge in [-0.25, -0.2) is 0 Å². The van der Waals surface area contributed by atoms with Gasteiger partial charge in [0.2, 0.25) is 5.56 Å². The number of aromatic nitrogens is 1. The van der Waals surface area contributed by atoms with E-state index in [4.69, 9.17) is 9.47 Å². The lowest BCUT2D eigenvalue weighted by molar-refractivity contribution is 0.0939. The highest BCUT2D eigenvalue weighted by molar-refractivity contribution is 5.94. The van der Waals surface area contributed by atoms with Gasteiger partial charge in [-0.2, -0.15) is 0 Å². The van der Waals surface area contributed by atoms with Gasteiger partial charge >= 0.3 is 0 Å². The predicted molar refractivity (Wildman–Crippen MR) is 82.5 cm³/mol. The summed E-state index contributed by atoms with van der Waals surface area (Å²) in [5.74, 6) is 1.04. The number of carbonyl (C=O) groups is 1. The number of ether oxygens (including phenoxy) is 2. The summed E-state index contributed by atoms with van der Waals surface area (Å²) in [7, 11) is 3.14. The first-order chi connectivity index (χ1) is 10.5. The SMILES string of the molecule is COc1ccc([C@H](C)NC(=O)c2ccc(=O)[nH]c2)c(OC)c1. The fourth-order valence-electron chi connectivity index (χ4n) is 2.09. The molecule has 1 atom stereocenters. The fraction of sp³-hybridized carbons (Fsp3) is 0.250. The summed E-state index contributed by atoms with van der Waals surface area (Å²) < 4.78 is 10.5. The Hall–Kier alpha value is -2.76. The highest BCUT2D eigenvalue weighted by Crippen LogP contribution is 2.29. The summed E-state index contributed by atoms with van der Waals surface area (Å²) in [6, 6.07) is 7.94. The van der Waals surface area contributed by atoms with E-state index in [9.17, 15) is 9.59 Å². The molecule has 0 bridgehead atoms. The third kappa shape index (κ3) is 3.46. The maximum Gasteiger partial charge on any atom is 0.253 e. The van der Waals surface area contributed by atoms with E-state index in [0.29, 0.717) is 17.1 Å². The van der Waals surface area contributed by atoms with Gasteiger partial charge in [0.25, 0.3) is 5.91 Å². The lowest BCUT2D eigenvalue weighted by atomic mass is 10.1. The lowest BCUT2D eigenvalue weighted by Gasteiger charge is -2.18. The average Bonchev–Trinajstić information content (AvgIpc) is 2.54.